The second-order valence-corrected chi connectivity index (χ2v) is 8.30. The molecule has 5 rings (SSSR count). The summed E-state index contributed by atoms with van der Waals surface area (Å²) < 4.78 is 5.33. The van der Waals surface area contributed by atoms with E-state index in [1.54, 1.807) is 18.9 Å². The topological polar surface area (TPSA) is 62.7 Å². The van der Waals surface area contributed by atoms with Crippen LogP contribution in [0.25, 0.3) is 32.9 Å². The average Bonchev–Trinajstić information content (AvgIpc) is 2.87. The van der Waals surface area contributed by atoms with Gasteiger partial charge in [0.2, 0.25) is 5.91 Å². The van der Waals surface area contributed by atoms with Gasteiger partial charge in [-0.3, -0.25) is 9.59 Å². The summed E-state index contributed by atoms with van der Waals surface area (Å²) in [5.74, 6) is 0.841. The molecule has 0 spiro atoms. The van der Waals surface area contributed by atoms with Gasteiger partial charge in [-0.15, -0.1) is 0 Å². The van der Waals surface area contributed by atoms with Crippen LogP contribution in [-0.4, -0.2) is 59.9 Å². The molecule has 0 saturated carbocycles. The monoisotopic (exact) mass is 439 g/mol. The number of hydrogen-bond acceptors (Lipinski definition) is 4. The number of nitrogens with zero attached hydrogens (tertiary/aromatic N) is 3. The third-order valence-electron chi connectivity index (χ3n) is 6.30. The zero-order valence-electron chi connectivity index (χ0n) is 18.7. The fourth-order valence-corrected chi connectivity index (χ4v) is 4.41. The van der Waals surface area contributed by atoms with Crippen LogP contribution in [-0.2, 0) is 4.79 Å². The van der Waals surface area contributed by atoms with Crippen LogP contribution < -0.4 is 4.74 Å². The molecule has 0 bridgehead atoms. The molecular formula is C27H25N3O3. The van der Waals surface area contributed by atoms with Gasteiger partial charge in [-0.2, -0.15) is 0 Å². The number of rotatable bonds is 3. The lowest BCUT2D eigenvalue weighted by atomic mass is 10.0. The van der Waals surface area contributed by atoms with Crippen molar-refractivity contribution in [3.05, 3.63) is 72.3 Å². The Morgan fingerprint density at radius 2 is 1.55 bits per heavy atom. The van der Waals surface area contributed by atoms with E-state index in [4.69, 9.17) is 9.72 Å². The summed E-state index contributed by atoms with van der Waals surface area (Å²) in [5, 5.41) is 3.00. The Morgan fingerprint density at radius 1 is 0.848 bits per heavy atom. The zero-order valence-corrected chi connectivity index (χ0v) is 18.7. The van der Waals surface area contributed by atoms with Crippen molar-refractivity contribution in [1.82, 2.24) is 14.8 Å². The van der Waals surface area contributed by atoms with Crippen LogP contribution in [0.2, 0.25) is 0 Å². The van der Waals surface area contributed by atoms with E-state index in [1.165, 1.54) is 0 Å². The van der Waals surface area contributed by atoms with E-state index in [1.807, 2.05) is 65.6 Å². The normalized spacial score (nSPS) is 14.0. The van der Waals surface area contributed by atoms with Gasteiger partial charge >= 0.3 is 0 Å². The highest BCUT2D eigenvalue weighted by atomic mass is 16.5. The summed E-state index contributed by atoms with van der Waals surface area (Å²) in [6, 6.07) is 21.8. The summed E-state index contributed by atoms with van der Waals surface area (Å²) in [7, 11) is 1.66. The Labute approximate surface area is 192 Å². The van der Waals surface area contributed by atoms with Crippen molar-refractivity contribution in [1.29, 1.82) is 0 Å². The molecule has 0 atom stereocenters. The van der Waals surface area contributed by atoms with E-state index in [0.717, 1.165) is 38.7 Å². The number of pyridine rings is 1. The molecule has 2 amide bonds. The highest BCUT2D eigenvalue weighted by Crippen LogP contribution is 2.29. The number of fused-ring (bicyclic) bond motifs is 2. The van der Waals surface area contributed by atoms with Crippen molar-refractivity contribution in [3.63, 3.8) is 0 Å². The number of amides is 2. The van der Waals surface area contributed by atoms with Crippen molar-refractivity contribution in [2.45, 2.75) is 6.92 Å². The first-order chi connectivity index (χ1) is 16.0. The number of methoxy groups -OCH3 is 1. The second-order valence-electron chi connectivity index (χ2n) is 8.30. The number of piperazine rings is 1. The van der Waals surface area contributed by atoms with Gasteiger partial charge in [0.25, 0.3) is 5.91 Å². The fourth-order valence-electron chi connectivity index (χ4n) is 4.41. The van der Waals surface area contributed by atoms with Gasteiger partial charge in [0, 0.05) is 44.1 Å². The van der Waals surface area contributed by atoms with E-state index in [2.05, 4.69) is 6.07 Å². The van der Waals surface area contributed by atoms with Gasteiger partial charge < -0.3 is 14.5 Å². The van der Waals surface area contributed by atoms with Gasteiger partial charge in [0.15, 0.2) is 0 Å². The first-order valence-electron chi connectivity index (χ1n) is 11.1. The van der Waals surface area contributed by atoms with Crippen LogP contribution in [0, 0.1) is 0 Å². The van der Waals surface area contributed by atoms with Crippen molar-refractivity contribution in [2.24, 2.45) is 0 Å². The summed E-state index contributed by atoms with van der Waals surface area (Å²) in [4.78, 5) is 33.7. The molecule has 4 aromatic rings. The third kappa shape index (κ3) is 4.00. The minimum absolute atomic E-state index is 0.0245. The summed E-state index contributed by atoms with van der Waals surface area (Å²) in [6.07, 6.45) is 0. The van der Waals surface area contributed by atoms with Gasteiger partial charge in [0.1, 0.15) is 5.75 Å². The van der Waals surface area contributed by atoms with E-state index in [9.17, 15) is 9.59 Å². The third-order valence-corrected chi connectivity index (χ3v) is 6.30. The molecule has 1 aliphatic rings. The quantitative estimate of drug-likeness (QED) is 0.476. The number of carbonyl (C=O) groups is 2. The molecule has 0 aliphatic carbocycles. The maximum absolute atomic E-state index is 13.5. The number of carbonyl (C=O) groups excluding carboxylic acids is 2. The molecule has 0 radical (unpaired) electrons. The van der Waals surface area contributed by atoms with Gasteiger partial charge in [0.05, 0.1) is 23.9 Å². The van der Waals surface area contributed by atoms with Crippen molar-refractivity contribution in [2.75, 3.05) is 33.3 Å². The maximum Gasteiger partial charge on any atom is 0.254 e. The summed E-state index contributed by atoms with van der Waals surface area (Å²) in [6.45, 7) is 3.75. The van der Waals surface area contributed by atoms with Crippen LogP contribution in [0.3, 0.4) is 0 Å². The predicted octanol–water partition coefficient (Wildman–Crippen LogP) is 4.37. The molecular weight excluding hydrogens is 414 g/mol. The lowest BCUT2D eigenvalue weighted by Crippen LogP contribution is -2.50. The lowest BCUT2D eigenvalue weighted by molar-refractivity contribution is -0.130. The lowest BCUT2D eigenvalue weighted by Gasteiger charge is -2.34. The van der Waals surface area contributed by atoms with Crippen molar-refractivity contribution in [3.8, 4) is 17.0 Å². The van der Waals surface area contributed by atoms with E-state index < -0.39 is 0 Å². The fraction of sp³-hybridized carbons (Fsp3) is 0.222. The molecule has 1 aromatic heterocycles. The number of aromatic nitrogens is 1. The first-order valence-corrected chi connectivity index (χ1v) is 11.1. The molecule has 0 unspecified atom stereocenters. The SMILES string of the molecule is COc1ccc2cc(-c3cc(C(=O)N4CCN(C(C)=O)CC4)c4ccccc4n3)ccc2c1. The number of para-hydroxylation sites is 1. The molecule has 0 N–H and O–H groups in total. The van der Waals surface area contributed by atoms with Gasteiger partial charge in [-0.05, 0) is 41.1 Å². The van der Waals surface area contributed by atoms with Crippen LogP contribution in [0.5, 0.6) is 5.75 Å². The van der Waals surface area contributed by atoms with Crippen LogP contribution in [0.15, 0.2) is 66.7 Å². The van der Waals surface area contributed by atoms with E-state index >= 15 is 0 Å². The molecule has 6 nitrogen and oxygen atoms in total. The van der Waals surface area contributed by atoms with Crippen LogP contribution in [0.4, 0.5) is 0 Å². The van der Waals surface area contributed by atoms with Gasteiger partial charge in [-0.25, -0.2) is 4.98 Å². The Hall–Kier alpha value is -3.93. The Bertz CT molecular complexity index is 1370. The average molecular weight is 440 g/mol. The summed E-state index contributed by atoms with van der Waals surface area (Å²) >= 11 is 0. The molecule has 33 heavy (non-hydrogen) atoms. The number of ether oxygens (including phenoxy) is 1. The first kappa shape index (κ1) is 20.9. The second kappa shape index (κ2) is 8.54. The Morgan fingerprint density at radius 3 is 2.30 bits per heavy atom. The van der Waals surface area contributed by atoms with Crippen molar-refractivity contribution >= 4 is 33.5 Å². The Balaban J connectivity index is 1.54. The van der Waals surface area contributed by atoms with E-state index in [-0.39, 0.29) is 11.8 Å². The standard InChI is InChI=1S/C27H25N3O3/c1-18(31)29-11-13-30(14-12-29)27(32)24-17-26(28-25-6-4-3-5-23(24)25)21-8-7-20-16-22(33-2)10-9-19(20)15-21/h3-10,15-17H,11-14H2,1-2H3. The number of benzene rings is 3. The predicted molar refractivity (Wildman–Crippen MR) is 129 cm³/mol. The van der Waals surface area contributed by atoms with Crippen LogP contribution in [0.1, 0.15) is 17.3 Å². The molecule has 2 heterocycles. The minimum atomic E-state index is -0.0245. The summed E-state index contributed by atoms with van der Waals surface area (Å²) in [5.41, 5.74) is 3.14. The van der Waals surface area contributed by atoms with E-state index in [0.29, 0.717) is 31.7 Å². The van der Waals surface area contributed by atoms with Crippen molar-refractivity contribution < 1.29 is 14.3 Å². The molecule has 6 heteroatoms. The molecule has 166 valence electrons. The van der Waals surface area contributed by atoms with Crippen LogP contribution >= 0.6 is 0 Å². The van der Waals surface area contributed by atoms with Gasteiger partial charge in [-0.1, -0.05) is 36.4 Å². The highest BCUT2D eigenvalue weighted by molar-refractivity contribution is 6.07. The molecule has 3 aromatic carbocycles. The molecule has 1 saturated heterocycles. The number of hydrogen-bond donors (Lipinski definition) is 0. The maximum atomic E-state index is 13.5. The largest absolute Gasteiger partial charge is 0.497 e. The smallest absolute Gasteiger partial charge is 0.254 e. The Kier molecular flexibility index (Phi) is 5.42. The minimum Gasteiger partial charge on any atom is -0.497 e. The molecule has 1 aliphatic heterocycles. The highest BCUT2D eigenvalue weighted by Gasteiger charge is 2.25. The zero-order chi connectivity index (χ0) is 22.9. The molecule has 1 fully saturated rings.